The topological polar surface area (TPSA) is 153 Å². The number of esters is 4. The van der Waals surface area contributed by atoms with Gasteiger partial charge in [-0.15, -0.1) is 0 Å². The summed E-state index contributed by atoms with van der Waals surface area (Å²) in [5.74, 6) is -3.02. The van der Waals surface area contributed by atoms with E-state index in [4.69, 9.17) is 29.5 Å². The zero-order valence-corrected chi connectivity index (χ0v) is 21.3. The lowest BCUT2D eigenvalue weighted by atomic mass is 10.1. The molecule has 0 saturated heterocycles. The van der Waals surface area contributed by atoms with Crippen LogP contribution in [-0.2, 0) is 64.6 Å². The Morgan fingerprint density at radius 1 is 0.500 bits per heavy atom. The second-order valence-corrected chi connectivity index (χ2v) is 8.43. The monoisotopic (exact) mass is 540 g/mol. The van der Waals surface area contributed by atoms with Gasteiger partial charge in [0.05, 0.1) is 23.3 Å². The minimum Gasteiger partial charge on any atom is -0.460 e. The van der Waals surface area contributed by atoms with E-state index in [9.17, 15) is 19.2 Å². The smallest absolute Gasteiger partial charge is 0.317 e. The summed E-state index contributed by atoms with van der Waals surface area (Å²) < 4.78 is 20.4. The van der Waals surface area contributed by atoms with Crippen molar-refractivity contribution < 1.29 is 38.1 Å². The Bertz CT molecular complexity index is 1330. The lowest BCUT2D eigenvalue weighted by Crippen LogP contribution is -2.14. The highest BCUT2D eigenvalue weighted by Gasteiger charge is 2.14. The zero-order valence-electron chi connectivity index (χ0n) is 21.3. The summed E-state index contributed by atoms with van der Waals surface area (Å²) in [7, 11) is 0. The third-order valence-electron chi connectivity index (χ3n) is 5.33. The van der Waals surface area contributed by atoms with Crippen LogP contribution in [0.15, 0.2) is 72.8 Å². The summed E-state index contributed by atoms with van der Waals surface area (Å²) in [5.41, 5.74) is 3.54. The maximum absolute atomic E-state index is 12.0. The zero-order chi connectivity index (χ0) is 28.7. The van der Waals surface area contributed by atoms with Crippen LogP contribution in [0.25, 0.3) is 0 Å². The normalized spacial score (nSPS) is 9.95. The standard InChI is InChI=1S/C30H24N2O8/c31-15-21-4-8-23(9-5-21)17-37-27(33)13-29(35)39-19-25-2-1-3-26(12-25)20-40-30(36)14-28(34)38-18-24-10-6-22(16-32)7-11-24/h1-12H,13-14,17-20H2. The van der Waals surface area contributed by atoms with Gasteiger partial charge in [0.2, 0.25) is 0 Å². The largest absolute Gasteiger partial charge is 0.460 e. The van der Waals surface area contributed by atoms with Crippen LogP contribution in [0.2, 0.25) is 0 Å². The molecule has 0 atom stereocenters. The summed E-state index contributed by atoms with van der Waals surface area (Å²) in [6, 6.07) is 23.7. The number of hydrogen-bond acceptors (Lipinski definition) is 10. The fourth-order valence-corrected chi connectivity index (χ4v) is 3.26. The molecule has 0 amide bonds. The van der Waals surface area contributed by atoms with E-state index >= 15 is 0 Å². The van der Waals surface area contributed by atoms with Crippen LogP contribution >= 0.6 is 0 Å². The predicted octanol–water partition coefficient (Wildman–Crippen LogP) is 3.78. The minimum atomic E-state index is -0.763. The van der Waals surface area contributed by atoms with E-state index in [1.54, 1.807) is 72.8 Å². The second-order valence-electron chi connectivity index (χ2n) is 8.43. The molecule has 0 aliphatic carbocycles. The molecule has 0 N–H and O–H groups in total. The van der Waals surface area contributed by atoms with Crippen LogP contribution in [0.1, 0.15) is 46.2 Å². The van der Waals surface area contributed by atoms with Crippen LogP contribution in [0.5, 0.6) is 0 Å². The first-order chi connectivity index (χ1) is 19.3. The van der Waals surface area contributed by atoms with Gasteiger partial charge in [-0.05, 0) is 52.6 Å². The van der Waals surface area contributed by atoms with Gasteiger partial charge in [0.1, 0.15) is 39.3 Å². The predicted molar refractivity (Wildman–Crippen MR) is 137 cm³/mol. The highest BCUT2D eigenvalue weighted by atomic mass is 16.6. The number of nitrogens with zero attached hydrogens (tertiary/aromatic N) is 2. The lowest BCUT2D eigenvalue weighted by Gasteiger charge is -2.09. The highest BCUT2D eigenvalue weighted by Crippen LogP contribution is 2.11. The van der Waals surface area contributed by atoms with Gasteiger partial charge in [0.15, 0.2) is 0 Å². The van der Waals surface area contributed by atoms with E-state index in [-0.39, 0.29) is 26.4 Å². The number of rotatable bonds is 12. The Morgan fingerprint density at radius 2 is 0.825 bits per heavy atom. The third kappa shape index (κ3) is 10.1. The van der Waals surface area contributed by atoms with E-state index in [0.29, 0.717) is 33.4 Å². The molecule has 0 aromatic heterocycles. The molecule has 0 fully saturated rings. The Balaban J connectivity index is 1.34. The van der Waals surface area contributed by atoms with Crippen molar-refractivity contribution in [2.75, 3.05) is 0 Å². The fraction of sp³-hybridized carbons (Fsp3) is 0.200. The summed E-state index contributed by atoms with van der Waals surface area (Å²) in [5, 5.41) is 17.6. The number of carbonyl (C=O) groups excluding carboxylic acids is 4. The van der Waals surface area contributed by atoms with Gasteiger partial charge in [-0.1, -0.05) is 42.5 Å². The van der Waals surface area contributed by atoms with Gasteiger partial charge in [0.25, 0.3) is 0 Å². The number of nitriles is 2. The molecule has 0 saturated carbocycles. The molecule has 202 valence electrons. The maximum Gasteiger partial charge on any atom is 0.317 e. The first kappa shape index (κ1) is 29.1. The molecule has 0 aliphatic heterocycles. The minimum absolute atomic E-state index is 0.0343. The molecule has 10 heteroatoms. The Morgan fingerprint density at radius 3 is 1.15 bits per heavy atom. The first-order valence-corrected chi connectivity index (χ1v) is 12.0. The maximum atomic E-state index is 12.0. The molecule has 0 spiro atoms. The van der Waals surface area contributed by atoms with E-state index in [1.807, 2.05) is 12.1 Å². The number of hydrogen-bond donors (Lipinski definition) is 0. The van der Waals surface area contributed by atoms with Gasteiger partial charge in [0, 0.05) is 0 Å². The molecule has 10 nitrogen and oxygen atoms in total. The third-order valence-corrected chi connectivity index (χ3v) is 5.33. The van der Waals surface area contributed by atoms with Crippen molar-refractivity contribution >= 4 is 23.9 Å². The SMILES string of the molecule is N#Cc1ccc(COC(=O)CC(=O)OCc2cccc(COC(=O)CC(=O)OCc3ccc(C#N)cc3)c2)cc1. The summed E-state index contributed by atoms with van der Waals surface area (Å²) >= 11 is 0. The molecular formula is C30H24N2O8. The molecule has 3 aromatic rings. The van der Waals surface area contributed by atoms with Crippen molar-refractivity contribution in [2.45, 2.75) is 39.3 Å². The van der Waals surface area contributed by atoms with E-state index < -0.39 is 36.7 Å². The lowest BCUT2D eigenvalue weighted by molar-refractivity contribution is -0.157. The average molecular weight is 541 g/mol. The molecule has 3 rings (SSSR count). The Hall–Kier alpha value is -5.48. The van der Waals surface area contributed by atoms with Crippen LogP contribution in [0.3, 0.4) is 0 Å². The second kappa shape index (κ2) is 15.1. The van der Waals surface area contributed by atoms with Crippen molar-refractivity contribution in [1.82, 2.24) is 0 Å². The molecule has 0 radical (unpaired) electrons. The molecule has 0 bridgehead atoms. The summed E-state index contributed by atoms with van der Waals surface area (Å²) in [4.78, 5) is 47.8. The van der Waals surface area contributed by atoms with Crippen LogP contribution < -0.4 is 0 Å². The van der Waals surface area contributed by atoms with Gasteiger partial charge >= 0.3 is 23.9 Å². The molecule has 40 heavy (non-hydrogen) atoms. The molecular weight excluding hydrogens is 516 g/mol. The summed E-state index contributed by atoms with van der Waals surface area (Å²) in [6.07, 6.45) is -1.12. The van der Waals surface area contributed by atoms with Crippen molar-refractivity contribution in [1.29, 1.82) is 10.5 Å². The molecule has 0 unspecified atom stereocenters. The molecule has 0 aliphatic rings. The fourth-order valence-electron chi connectivity index (χ4n) is 3.26. The van der Waals surface area contributed by atoms with Gasteiger partial charge in [-0.3, -0.25) is 19.2 Å². The molecule has 3 aromatic carbocycles. The first-order valence-electron chi connectivity index (χ1n) is 12.0. The highest BCUT2D eigenvalue weighted by molar-refractivity contribution is 5.91. The average Bonchev–Trinajstić information content (AvgIpc) is 2.97. The molecule has 0 heterocycles. The van der Waals surface area contributed by atoms with Crippen LogP contribution in [-0.4, -0.2) is 23.9 Å². The number of benzene rings is 3. The Labute approximate surface area is 230 Å². The number of ether oxygens (including phenoxy) is 4. The number of carbonyl (C=O) groups is 4. The van der Waals surface area contributed by atoms with E-state index in [0.717, 1.165) is 0 Å². The van der Waals surface area contributed by atoms with Crippen molar-refractivity contribution in [3.8, 4) is 12.1 Å². The van der Waals surface area contributed by atoms with Gasteiger partial charge in [-0.25, -0.2) is 0 Å². The summed E-state index contributed by atoms with van der Waals surface area (Å²) in [6.45, 7) is -0.280. The van der Waals surface area contributed by atoms with Crippen molar-refractivity contribution in [2.24, 2.45) is 0 Å². The van der Waals surface area contributed by atoms with Gasteiger partial charge in [-0.2, -0.15) is 10.5 Å². The van der Waals surface area contributed by atoms with E-state index in [1.165, 1.54) is 0 Å². The van der Waals surface area contributed by atoms with Crippen molar-refractivity contribution in [3.05, 3.63) is 106 Å². The van der Waals surface area contributed by atoms with Crippen LogP contribution in [0.4, 0.5) is 0 Å². The Kier molecular flexibility index (Phi) is 10.9. The van der Waals surface area contributed by atoms with Gasteiger partial charge < -0.3 is 18.9 Å². The van der Waals surface area contributed by atoms with Crippen molar-refractivity contribution in [3.63, 3.8) is 0 Å². The van der Waals surface area contributed by atoms with Crippen LogP contribution in [0, 0.1) is 22.7 Å². The quantitative estimate of drug-likeness (QED) is 0.188. The van der Waals surface area contributed by atoms with E-state index in [2.05, 4.69) is 0 Å².